The lowest BCUT2D eigenvalue weighted by Crippen LogP contribution is -2.61. The van der Waals surface area contributed by atoms with Gasteiger partial charge in [0, 0.05) is 32.9 Å². The number of urea groups is 1. The van der Waals surface area contributed by atoms with E-state index in [1.165, 1.54) is 11.8 Å². The van der Waals surface area contributed by atoms with Gasteiger partial charge >= 0.3 is 18.0 Å². The molecule has 0 saturated heterocycles. The van der Waals surface area contributed by atoms with E-state index in [2.05, 4.69) is 10.6 Å². The molecule has 9 heteroatoms. The van der Waals surface area contributed by atoms with Crippen LogP contribution < -0.4 is 10.6 Å². The lowest BCUT2D eigenvalue weighted by atomic mass is 9.84. The molecular weight excluding hydrogens is 546 g/mol. The molecule has 0 aliphatic carbocycles. The fourth-order valence-corrected chi connectivity index (χ4v) is 4.78. The number of nitrogens with zero attached hydrogens (tertiary/aromatic N) is 1. The number of hydrogen-bond donors (Lipinski definition) is 3. The van der Waals surface area contributed by atoms with Gasteiger partial charge in [-0.15, -0.1) is 0 Å². The Balaban J connectivity index is 1.82. The quantitative estimate of drug-likeness (QED) is 0.175. The van der Waals surface area contributed by atoms with Crippen LogP contribution in [0.3, 0.4) is 0 Å². The van der Waals surface area contributed by atoms with Crippen molar-refractivity contribution in [3.63, 3.8) is 0 Å². The molecule has 3 amide bonds. The number of benzene rings is 3. The molecule has 9 nitrogen and oxygen atoms in total. The number of amides is 3. The molecular formula is C34H41N3O6. The second kappa shape index (κ2) is 16.1. The van der Waals surface area contributed by atoms with Gasteiger partial charge < -0.3 is 25.4 Å². The first-order valence-corrected chi connectivity index (χ1v) is 14.5. The zero-order valence-electron chi connectivity index (χ0n) is 25.0. The zero-order chi connectivity index (χ0) is 31.2. The Morgan fingerprint density at radius 2 is 1.40 bits per heavy atom. The maximum absolute atomic E-state index is 13.7. The van der Waals surface area contributed by atoms with E-state index < -0.39 is 23.5 Å². The molecule has 0 aliphatic heterocycles. The Morgan fingerprint density at radius 1 is 0.837 bits per heavy atom. The maximum atomic E-state index is 13.7. The highest BCUT2D eigenvalue weighted by Gasteiger charge is 2.41. The fraction of sp³-hybridized carbons (Fsp3) is 0.353. The summed E-state index contributed by atoms with van der Waals surface area (Å²) in [5, 5.41) is 16.0. The van der Waals surface area contributed by atoms with Gasteiger partial charge in [-0.25, -0.2) is 9.59 Å². The molecule has 3 N–H and O–H groups in total. The number of carbonyl (C=O) groups excluding carboxylic acids is 3. The van der Waals surface area contributed by atoms with E-state index in [-0.39, 0.29) is 50.8 Å². The molecule has 43 heavy (non-hydrogen) atoms. The number of ether oxygens (including phenoxy) is 1. The lowest BCUT2D eigenvalue weighted by Gasteiger charge is -2.34. The van der Waals surface area contributed by atoms with Crippen molar-refractivity contribution in [2.75, 3.05) is 26.2 Å². The van der Waals surface area contributed by atoms with E-state index >= 15 is 0 Å². The van der Waals surface area contributed by atoms with Gasteiger partial charge in [-0.1, -0.05) is 98.8 Å². The second-order valence-electron chi connectivity index (χ2n) is 11.0. The lowest BCUT2D eigenvalue weighted by molar-refractivity contribution is -0.145. The van der Waals surface area contributed by atoms with E-state index in [9.17, 15) is 24.3 Å². The summed E-state index contributed by atoms with van der Waals surface area (Å²) in [6.07, 6.45) is 0.0503. The highest BCUT2D eigenvalue weighted by atomic mass is 16.5. The van der Waals surface area contributed by atoms with Crippen molar-refractivity contribution >= 4 is 23.9 Å². The molecule has 3 aromatic rings. The Bertz CT molecular complexity index is 1350. The molecule has 3 aromatic carbocycles. The van der Waals surface area contributed by atoms with Crippen LogP contribution in [-0.4, -0.2) is 65.7 Å². The van der Waals surface area contributed by atoms with Gasteiger partial charge in [0.25, 0.3) is 0 Å². The maximum Gasteiger partial charge on any atom is 0.330 e. The van der Waals surface area contributed by atoms with Crippen molar-refractivity contribution in [1.82, 2.24) is 15.5 Å². The number of aliphatic carboxylic acids is 1. The first-order chi connectivity index (χ1) is 20.6. The average molecular weight is 588 g/mol. The summed E-state index contributed by atoms with van der Waals surface area (Å²) in [5.74, 6) is -1.82. The van der Waals surface area contributed by atoms with Crippen LogP contribution in [0.15, 0.2) is 84.9 Å². The summed E-state index contributed by atoms with van der Waals surface area (Å²) in [6, 6.07) is 26.2. The number of carboxylic acids is 1. The minimum atomic E-state index is -1.65. The van der Waals surface area contributed by atoms with Gasteiger partial charge in [0.05, 0.1) is 13.0 Å². The first-order valence-electron chi connectivity index (χ1n) is 14.5. The van der Waals surface area contributed by atoms with Crippen molar-refractivity contribution in [3.8, 4) is 11.1 Å². The van der Waals surface area contributed by atoms with E-state index in [1.807, 2.05) is 98.8 Å². The minimum Gasteiger partial charge on any atom is -0.479 e. The summed E-state index contributed by atoms with van der Waals surface area (Å²) in [6.45, 7) is 5.84. The largest absolute Gasteiger partial charge is 0.479 e. The fourth-order valence-electron chi connectivity index (χ4n) is 4.78. The number of nitrogens with one attached hydrogen (secondary N) is 2. The molecule has 0 fully saturated rings. The Labute approximate surface area is 253 Å². The summed E-state index contributed by atoms with van der Waals surface area (Å²) in [5.41, 5.74) is 1.93. The van der Waals surface area contributed by atoms with Crippen LogP contribution in [0.5, 0.6) is 0 Å². The molecule has 0 aromatic heterocycles. The molecule has 0 radical (unpaired) electrons. The first kappa shape index (κ1) is 32.8. The third-order valence-corrected chi connectivity index (χ3v) is 6.87. The van der Waals surface area contributed by atoms with Crippen LogP contribution in [0.4, 0.5) is 4.79 Å². The molecule has 228 valence electrons. The number of carbonyl (C=O) groups is 4. The van der Waals surface area contributed by atoms with Crippen molar-refractivity contribution in [1.29, 1.82) is 0 Å². The van der Waals surface area contributed by atoms with E-state index in [0.29, 0.717) is 6.54 Å². The van der Waals surface area contributed by atoms with Crippen LogP contribution in [0.1, 0.15) is 38.3 Å². The van der Waals surface area contributed by atoms with Gasteiger partial charge in [0.15, 0.2) is 0 Å². The molecule has 0 spiro atoms. The molecule has 0 heterocycles. The second-order valence-corrected chi connectivity index (χ2v) is 11.0. The SMILES string of the molecule is CC(=O)NCCOC(=O)CCN(CC(C)C)C(=O)NC(Cc1ccccc1)(Cc1ccc(-c2ccccc2)cc1)C(=O)O. The number of esters is 1. The highest BCUT2D eigenvalue weighted by molar-refractivity contribution is 5.87. The van der Waals surface area contributed by atoms with Crippen molar-refractivity contribution < 1.29 is 29.0 Å². The highest BCUT2D eigenvalue weighted by Crippen LogP contribution is 2.24. The summed E-state index contributed by atoms with van der Waals surface area (Å²) >= 11 is 0. The normalized spacial score (nSPS) is 12.2. The Kier molecular flexibility index (Phi) is 12.3. The third-order valence-electron chi connectivity index (χ3n) is 6.87. The van der Waals surface area contributed by atoms with Crippen LogP contribution in [0, 0.1) is 5.92 Å². The number of hydrogen-bond acceptors (Lipinski definition) is 5. The van der Waals surface area contributed by atoms with Crippen molar-refractivity contribution in [3.05, 3.63) is 96.1 Å². The van der Waals surface area contributed by atoms with Crippen LogP contribution in [0.25, 0.3) is 11.1 Å². The van der Waals surface area contributed by atoms with E-state index in [0.717, 1.165) is 22.3 Å². The predicted molar refractivity (Wildman–Crippen MR) is 165 cm³/mol. The Morgan fingerprint density at radius 3 is 1.95 bits per heavy atom. The van der Waals surface area contributed by atoms with Gasteiger partial charge in [0.1, 0.15) is 12.1 Å². The minimum absolute atomic E-state index is 0.0249. The van der Waals surface area contributed by atoms with Crippen LogP contribution in [-0.2, 0) is 32.0 Å². The zero-order valence-corrected chi connectivity index (χ0v) is 25.0. The molecule has 3 rings (SSSR count). The number of carboxylic acid groups (broad SMARTS) is 1. The molecule has 0 saturated carbocycles. The van der Waals surface area contributed by atoms with Crippen molar-refractivity contribution in [2.45, 2.75) is 45.6 Å². The van der Waals surface area contributed by atoms with Gasteiger partial charge in [-0.3, -0.25) is 9.59 Å². The van der Waals surface area contributed by atoms with Crippen molar-refractivity contribution in [2.24, 2.45) is 5.92 Å². The van der Waals surface area contributed by atoms with Gasteiger partial charge in [-0.05, 0) is 28.2 Å². The number of rotatable bonds is 15. The summed E-state index contributed by atoms with van der Waals surface area (Å²) in [4.78, 5) is 51.5. The third kappa shape index (κ3) is 10.6. The monoisotopic (exact) mass is 587 g/mol. The van der Waals surface area contributed by atoms with E-state index in [4.69, 9.17) is 4.74 Å². The molecule has 0 bridgehead atoms. The summed E-state index contributed by atoms with van der Waals surface area (Å²) < 4.78 is 5.16. The Hall–Kier alpha value is -4.66. The predicted octanol–water partition coefficient (Wildman–Crippen LogP) is 4.70. The standard InChI is InChI=1S/C34H41N3O6/c1-25(2)24-37(20-18-31(39)43-21-19-35-26(3)38)33(42)36-34(32(40)41,22-27-10-6-4-7-11-27)23-28-14-16-30(17-15-28)29-12-8-5-9-13-29/h4-17,25H,18-24H2,1-3H3,(H,35,38)(H,36,42)(H,40,41). The van der Waals surface area contributed by atoms with E-state index in [1.54, 1.807) is 0 Å². The van der Waals surface area contributed by atoms with Gasteiger partial charge in [-0.2, -0.15) is 0 Å². The topological polar surface area (TPSA) is 125 Å². The van der Waals surface area contributed by atoms with Crippen LogP contribution >= 0.6 is 0 Å². The average Bonchev–Trinajstić information content (AvgIpc) is 2.98. The smallest absolute Gasteiger partial charge is 0.330 e. The van der Waals surface area contributed by atoms with Crippen LogP contribution in [0.2, 0.25) is 0 Å². The molecule has 1 unspecified atom stereocenters. The van der Waals surface area contributed by atoms with Gasteiger partial charge in [0.2, 0.25) is 5.91 Å². The molecule has 0 aliphatic rings. The molecule has 1 atom stereocenters. The summed E-state index contributed by atoms with van der Waals surface area (Å²) in [7, 11) is 0.